The molecule has 152 valence electrons. The first-order chi connectivity index (χ1) is 14.7. The molecule has 0 saturated heterocycles. The van der Waals surface area contributed by atoms with Crippen molar-refractivity contribution in [1.82, 2.24) is 14.8 Å². The zero-order valence-electron chi connectivity index (χ0n) is 16.8. The first-order valence-electron chi connectivity index (χ1n) is 10.0. The van der Waals surface area contributed by atoms with Gasteiger partial charge in [-0.2, -0.15) is 5.10 Å². The van der Waals surface area contributed by atoms with Gasteiger partial charge in [0.25, 0.3) is 0 Å². The maximum Gasteiger partial charge on any atom is 0.359 e. The average Bonchev–Trinajstić information content (AvgIpc) is 3.43. The van der Waals surface area contributed by atoms with Crippen LogP contribution in [0.25, 0.3) is 10.9 Å². The molecule has 0 aliphatic rings. The molecule has 0 aliphatic heterocycles. The largest absolute Gasteiger partial charge is 0.453 e. The van der Waals surface area contributed by atoms with Crippen LogP contribution < -0.4 is 0 Å². The molecular formula is C24H23N3O3. The fourth-order valence-corrected chi connectivity index (χ4v) is 3.51. The summed E-state index contributed by atoms with van der Waals surface area (Å²) >= 11 is 0. The van der Waals surface area contributed by atoms with Gasteiger partial charge in [-0.15, -0.1) is 0 Å². The van der Waals surface area contributed by atoms with Crippen molar-refractivity contribution in [2.24, 2.45) is 0 Å². The van der Waals surface area contributed by atoms with Gasteiger partial charge in [0.1, 0.15) is 0 Å². The van der Waals surface area contributed by atoms with Crippen LogP contribution in [0.3, 0.4) is 0 Å². The zero-order chi connectivity index (χ0) is 20.9. The van der Waals surface area contributed by atoms with E-state index in [2.05, 4.69) is 29.1 Å². The number of ketones is 1. The number of aryl methyl sites for hydroxylation is 3. The predicted molar refractivity (Wildman–Crippen MR) is 115 cm³/mol. The molecule has 0 fully saturated rings. The number of benzene rings is 2. The van der Waals surface area contributed by atoms with Crippen molar-refractivity contribution in [1.29, 1.82) is 0 Å². The highest BCUT2D eigenvalue weighted by Gasteiger charge is 2.17. The lowest BCUT2D eigenvalue weighted by Crippen LogP contribution is -2.15. The molecule has 30 heavy (non-hydrogen) atoms. The Hall–Kier alpha value is -3.67. The number of aromatic amines is 1. The summed E-state index contributed by atoms with van der Waals surface area (Å²) in [6.07, 6.45) is 5.11. The van der Waals surface area contributed by atoms with Crippen molar-refractivity contribution < 1.29 is 14.3 Å². The van der Waals surface area contributed by atoms with Crippen molar-refractivity contribution in [3.05, 3.63) is 89.4 Å². The van der Waals surface area contributed by atoms with E-state index in [4.69, 9.17) is 4.74 Å². The summed E-state index contributed by atoms with van der Waals surface area (Å²) in [5.41, 5.74) is 4.02. The molecule has 2 heterocycles. The van der Waals surface area contributed by atoms with Gasteiger partial charge in [-0.1, -0.05) is 55.5 Å². The molecule has 0 unspecified atom stereocenters. The Bertz CT molecular complexity index is 1170. The number of carbonyl (C=O) groups excluding carboxylic acids is 2. The van der Waals surface area contributed by atoms with Gasteiger partial charge in [0.2, 0.25) is 5.78 Å². The van der Waals surface area contributed by atoms with Crippen molar-refractivity contribution in [2.75, 3.05) is 6.61 Å². The van der Waals surface area contributed by atoms with Gasteiger partial charge in [0, 0.05) is 35.4 Å². The molecule has 0 aliphatic carbocycles. The topological polar surface area (TPSA) is 77.0 Å². The lowest BCUT2D eigenvalue weighted by atomic mass is 10.1. The Morgan fingerprint density at radius 1 is 1.07 bits per heavy atom. The van der Waals surface area contributed by atoms with Crippen molar-refractivity contribution in [2.45, 2.75) is 26.3 Å². The minimum Gasteiger partial charge on any atom is -0.453 e. The number of nitrogens with one attached hydrogen (secondary N) is 1. The summed E-state index contributed by atoms with van der Waals surface area (Å²) in [5.74, 6) is -0.845. The van der Waals surface area contributed by atoms with Gasteiger partial charge < -0.3 is 9.72 Å². The summed E-state index contributed by atoms with van der Waals surface area (Å²) in [5, 5.41) is 5.11. The maximum atomic E-state index is 12.6. The van der Waals surface area contributed by atoms with E-state index in [9.17, 15) is 9.59 Å². The van der Waals surface area contributed by atoms with Crippen LogP contribution in [0.4, 0.5) is 0 Å². The van der Waals surface area contributed by atoms with E-state index in [0.29, 0.717) is 12.1 Å². The molecule has 4 aromatic rings. The van der Waals surface area contributed by atoms with Crippen molar-refractivity contribution in [3.63, 3.8) is 0 Å². The third-order valence-corrected chi connectivity index (χ3v) is 5.14. The van der Waals surface area contributed by atoms with Crippen LogP contribution in [-0.2, 0) is 24.1 Å². The van der Waals surface area contributed by atoms with Crippen LogP contribution >= 0.6 is 0 Å². The number of aromatic nitrogens is 3. The van der Waals surface area contributed by atoms with E-state index in [1.54, 1.807) is 23.1 Å². The molecule has 0 amide bonds. The molecule has 0 radical (unpaired) electrons. The van der Waals surface area contributed by atoms with E-state index in [0.717, 1.165) is 29.3 Å². The number of ether oxygens (including phenoxy) is 1. The SMILES string of the molecule is CCc1cccc2c(C(=O)COC(=O)c3ccn(CCc4ccccc4)n3)c[nH]c12. The van der Waals surface area contributed by atoms with E-state index >= 15 is 0 Å². The van der Waals surface area contributed by atoms with Gasteiger partial charge in [-0.3, -0.25) is 9.48 Å². The summed E-state index contributed by atoms with van der Waals surface area (Å²) < 4.78 is 6.92. The second kappa shape index (κ2) is 8.78. The van der Waals surface area contributed by atoms with Crippen molar-refractivity contribution >= 4 is 22.7 Å². The summed E-state index contributed by atoms with van der Waals surface area (Å²) in [7, 11) is 0. The molecule has 6 nitrogen and oxygen atoms in total. The molecule has 0 atom stereocenters. The summed E-state index contributed by atoms with van der Waals surface area (Å²) in [6, 6.07) is 17.5. The monoisotopic (exact) mass is 401 g/mol. The van der Waals surface area contributed by atoms with E-state index in [-0.39, 0.29) is 18.1 Å². The van der Waals surface area contributed by atoms with E-state index in [1.165, 1.54) is 5.56 Å². The number of esters is 1. The fraction of sp³-hybridized carbons (Fsp3) is 0.208. The first-order valence-corrected chi connectivity index (χ1v) is 10.0. The van der Waals surface area contributed by atoms with Crippen LogP contribution in [0.2, 0.25) is 0 Å². The van der Waals surface area contributed by atoms with Crippen LogP contribution in [-0.4, -0.2) is 33.1 Å². The second-order valence-corrected chi connectivity index (χ2v) is 7.09. The highest BCUT2D eigenvalue weighted by molar-refractivity contribution is 6.09. The van der Waals surface area contributed by atoms with Crippen LogP contribution in [0.1, 0.15) is 38.9 Å². The molecule has 4 rings (SSSR count). The van der Waals surface area contributed by atoms with Crippen LogP contribution in [0, 0.1) is 0 Å². The Kier molecular flexibility index (Phi) is 5.75. The van der Waals surface area contributed by atoms with E-state index < -0.39 is 5.97 Å². The maximum absolute atomic E-state index is 12.6. The highest BCUT2D eigenvalue weighted by Crippen LogP contribution is 2.22. The Morgan fingerprint density at radius 3 is 2.70 bits per heavy atom. The molecule has 0 spiro atoms. The molecular weight excluding hydrogens is 378 g/mol. The number of rotatable bonds is 8. The second-order valence-electron chi connectivity index (χ2n) is 7.09. The number of hydrogen-bond donors (Lipinski definition) is 1. The number of Topliss-reactive ketones (excluding diaryl/α,β-unsaturated/α-hetero) is 1. The Morgan fingerprint density at radius 2 is 1.90 bits per heavy atom. The molecule has 0 bridgehead atoms. The summed E-state index contributed by atoms with van der Waals surface area (Å²) in [4.78, 5) is 28.1. The van der Waals surface area contributed by atoms with Gasteiger partial charge in [0.15, 0.2) is 12.3 Å². The minimum absolute atomic E-state index is 0.197. The molecule has 0 saturated carbocycles. The lowest BCUT2D eigenvalue weighted by Gasteiger charge is -2.04. The van der Waals surface area contributed by atoms with Gasteiger partial charge in [-0.05, 0) is 30.0 Å². The quantitative estimate of drug-likeness (QED) is 0.354. The number of carbonyl (C=O) groups is 2. The number of nitrogens with zero attached hydrogens (tertiary/aromatic N) is 2. The molecule has 2 aromatic heterocycles. The number of hydrogen-bond acceptors (Lipinski definition) is 4. The standard InChI is InChI=1S/C24H23N3O3/c1-2-18-9-6-10-19-20(15-25-23(18)19)22(28)16-30-24(29)21-12-14-27(26-21)13-11-17-7-4-3-5-8-17/h3-10,12,14-15,25H,2,11,13,16H2,1H3. The molecule has 6 heteroatoms. The van der Waals surface area contributed by atoms with Crippen LogP contribution in [0.5, 0.6) is 0 Å². The Balaban J connectivity index is 1.36. The molecule has 2 aromatic carbocycles. The average molecular weight is 401 g/mol. The first kappa shape index (κ1) is 19.6. The third-order valence-electron chi connectivity index (χ3n) is 5.14. The highest BCUT2D eigenvalue weighted by atomic mass is 16.5. The third kappa shape index (κ3) is 4.17. The number of para-hydroxylation sites is 1. The minimum atomic E-state index is -0.601. The Labute approximate surface area is 174 Å². The predicted octanol–water partition coefficient (Wildman–Crippen LogP) is 4.21. The normalized spacial score (nSPS) is 11.0. The fourth-order valence-electron chi connectivity index (χ4n) is 3.51. The van der Waals surface area contributed by atoms with Crippen molar-refractivity contribution in [3.8, 4) is 0 Å². The lowest BCUT2D eigenvalue weighted by molar-refractivity contribution is 0.0468. The molecule has 1 N–H and O–H groups in total. The zero-order valence-corrected chi connectivity index (χ0v) is 16.8. The smallest absolute Gasteiger partial charge is 0.359 e. The van der Waals surface area contributed by atoms with Gasteiger partial charge >= 0.3 is 5.97 Å². The number of fused-ring (bicyclic) bond motifs is 1. The van der Waals surface area contributed by atoms with Gasteiger partial charge in [0.05, 0.1) is 0 Å². The summed E-state index contributed by atoms with van der Waals surface area (Å²) in [6.45, 7) is 2.40. The van der Waals surface area contributed by atoms with Crippen LogP contribution in [0.15, 0.2) is 67.0 Å². The van der Waals surface area contributed by atoms with Gasteiger partial charge in [-0.25, -0.2) is 4.79 Å². The van der Waals surface area contributed by atoms with E-state index in [1.807, 2.05) is 36.4 Å². The number of H-pyrrole nitrogens is 1.